The van der Waals surface area contributed by atoms with Gasteiger partial charge < -0.3 is 10.1 Å². The Labute approximate surface area is 201 Å². The topological polar surface area (TPSA) is 84.8 Å². The summed E-state index contributed by atoms with van der Waals surface area (Å²) in [7, 11) is 0. The molecule has 9 heteroatoms. The van der Waals surface area contributed by atoms with Gasteiger partial charge in [-0.2, -0.15) is 5.10 Å². The first-order valence-corrected chi connectivity index (χ1v) is 12.1. The Balaban J connectivity index is 1.39. The number of aryl methyl sites for hydroxylation is 1. The molecule has 0 aliphatic heterocycles. The molecule has 0 aliphatic carbocycles. The van der Waals surface area contributed by atoms with Gasteiger partial charge in [0, 0.05) is 29.5 Å². The van der Waals surface area contributed by atoms with E-state index in [9.17, 15) is 4.79 Å². The number of hydrogen-bond donors (Lipinski definition) is 2. The molecule has 33 heavy (non-hydrogen) atoms. The molecule has 7 nitrogen and oxygen atoms in total. The van der Waals surface area contributed by atoms with Crippen LogP contribution in [-0.4, -0.2) is 32.3 Å². The lowest BCUT2D eigenvalue weighted by Crippen LogP contribution is -2.15. The highest BCUT2D eigenvalue weighted by Crippen LogP contribution is 2.26. The molecule has 0 atom stereocenters. The van der Waals surface area contributed by atoms with Crippen molar-refractivity contribution in [1.29, 1.82) is 0 Å². The fourth-order valence-electron chi connectivity index (χ4n) is 3.38. The minimum absolute atomic E-state index is 0.127. The Morgan fingerprint density at radius 3 is 2.55 bits per heavy atom. The molecule has 2 aromatic heterocycles. The predicted molar refractivity (Wildman–Crippen MR) is 134 cm³/mol. The van der Waals surface area contributed by atoms with Crippen molar-refractivity contribution in [3.63, 3.8) is 0 Å². The number of anilines is 1. The number of nitrogens with one attached hydrogen (secondary N) is 2. The zero-order valence-electron chi connectivity index (χ0n) is 18.5. The van der Waals surface area contributed by atoms with Crippen molar-refractivity contribution in [3.05, 3.63) is 64.2 Å². The molecular weight excluding hydrogens is 454 g/mol. The van der Waals surface area contributed by atoms with Gasteiger partial charge in [-0.05, 0) is 55.4 Å². The third-order valence-electron chi connectivity index (χ3n) is 5.15. The van der Waals surface area contributed by atoms with Gasteiger partial charge in [-0.25, -0.2) is 4.98 Å². The molecule has 170 valence electrons. The van der Waals surface area contributed by atoms with Crippen molar-refractivity contribution < 1.29 is 9.53 Å². The van der Waals surface area contributed by atoms with E-state index in [4.69, 9.17) is 17.0 Å². The van der Waals surface area contributed by atoms with Crippen LogP contribution in [0.15, 0.2) is 53.9 Å². The third kappa shape index (κ3) is 5.55. The van der Waals surface area contributed by atoms with Crippen molar-refractivity contribution in [2.24, 2.45) is 0 Å². The Bertz CT molecular complexity index is 1270. The number of amides is 1. The molecule has 2 aromatic carbocycles. The van der Waals surface area contributed by atoms with Gasteiger partial charge in [-0.3, -0.25) is 14.5 Å². The maximum Gasteiger partial charge on any atom is 0.227 e. The van der Waals surface area contributed by atoms with Crippen molar-refractivity contribution in [1.82, 2.24) is 19.7 Å². The Morgan fingerprint density at radius 1 is 1.12 bits per heavy atom. The van der Waals surface area contributed by atoms with E-state index in [1.807, 2.05) is 41.1 Å². The number of aromatic nitrogens is 4. The molecule has 0 bridgehead atoms. The molecule has 1 amide bonds. The maximum absolute atomic E-state index is 12.6. The van der Waals surface area contributed by atoms with Crippen molar-refractivity contribution >= 4 is 34.6 Å². The van der Waals surface area contributed by atoms with Gasteiger partial charge in [0.2, 0.25) is 5.91 Å². The van der Waals surface area contributed by atoms with Gasteiger partial charge >= 0.3 is 0 Å². The molecule has 4 aromatic rings. The first-order valence-electron chi connectivity index (χ1n) is 10.8. The normalized spacial score (nSPS) is 10.8. The summed E-state index contributed by atoms with van der Waals surface area (Å²) < 4.78 is 7.79. The lowest BCUT2D eigenvalue weighted by molar-refractivity contribution is -0.116. The van der Waals surface area contributed by atoms with Gasteiger partial charge in [0.1, 0.15) is 5.75 Å². The van der Waals surface area contributed by atoms with Gasteiger partial charge in [0.15, 0.2) is 15.7 Å². The highest BCUT2D eigenvalue weighted by molar-refractivity contribution is 7.71. The Morgan fingerprint density at radius 2 is 1.85 bits per heavy atom. The second-order valence-electron chi connectivity index (χ2n) is 7.35. The number of aromatic amines is 1. The maximum atomic E-state index is 12.6. The van der Waals surface area contributed by atoms with Crippen LogP contribution in [-0.2, 0) is 17.8 Å². The average Bonchev–Trinajstić information content (AvgIpc) is 3.45. The van der Waals surface area contributed by atoms with Crippen molar-refractivity contribution in [3.8, 4) is 28.4 Å². The minimum Gasteiger partial charge on any atom is -0.494 e. The average molecular weight is 480 g/mol. The summed E-state index contributed by atoms with van der Waals surface area (Å²) in [6, 6.07) is 16.0. The number of carbonyl (C=O) groups excluding carboxylic acids is 1. The van der Waals surface area contributed by atoms with Gasteiger partial charge in [0.25, 0.3) is 0 Å². The summed E-state index contributed by atoms with van der Waals surface area (Å²) in [5.41, 5.74) is 4.07. The summed E-state index contributed by atoms with van der Waals surface area (Å²) in [6.07, 6.45) is 1.25. The number of rotatable bonds is 9. The highest BCUT2D eigenvalue weighted by Gasteiger charge is 2.13. The molecule has 2 N–H and O–H groups in total. The first kappa shape index (κ1) is 22.9. The van der Waals surface area contributed by atoms with E-state index in [2.05, 4.69) is 51.7 Å². The van der Waals surface area contributed by atoms with Gasteiger partial charge in [-0.1, -0.05) is 31.2 Å². The predicted octanol–water partition coefficient (Wildman–Crippen LogP) is 5.72. The SMILES string of the molecule is CCOc1ccc(-c2n[nH]c(=S)n2CCC(=O)Nc2nc(-c3ccc(CC)cc3)cs2)cc1. The number of benzene rings is 2. The molecule has 0 radical (unpaired) electrons. The first-order chi connectivity index (χ1) is 16.1. The summed E-state index contributed by atoms with van der Waals surface area (Å²) in [5, 5.41) is 12.6. The molecule has 0 spiro atoms. The van der Waals surface area contributed by atoms with Crippen LogP contribution in [0.4, 0.5) is 5.13 Å². The van der Waals surface area contributed by atoms with Crippen LogP contribution in [0.5, 0.6) is 5.75 Å². The quantitative estimate of drug-likeness (QED) is 0.300. The molecule has 0 saturated carbocycles. The summed E-state index contributed by atoms with van der Waals surface area (Å²) in [6.45, 7) is 5.09. The molecular formula is C24H25N5O2S2. The number of nitrogens with zero attached hydrogens (tertiary/aromatic N) is 3. The number of thiazole rings is 1. The number of carbonyl (C=O) groups is 1. The summed E-state index contributed by atoms with van der Waals surface area (Å²) >= 11 is 6.79. The van der Waals surface area contributed by atoms with Crippen molar-refractivity contribution in [2.75, 3.05) is 11.9 Å². The van der Waals surface area contributed by atoms with E-state index in [0.29, 0.717) is 28.9 Å². The van der Waals surface area contributed by atoms with E-state index in [1.165, 1.54) is 16.9 Å². The summed E-state index contributed by atoms with van der Waals surface area (Å²) in [4.78, 5) is 17.1. The largest absolute Gasteiger partial charge is 0.494 e. The monoisotopic (exact) mass is 479 g/mol. The molecule has 0 fully saturated rings. The smallest absolute Gasteiger partial charge is 0.227 e. The molecule has 0 unspecified atom stereocenters. The van der Waals surface area contributed by atoms with Crippen LogP contribution in [0, 0.1) is 4.77 Å². The fraction of sp³-hybridized carbons (Fsp3) is 0.250. The van der Waals surface area contributed by atoms with E-state index in [1.54, 1.807) is 0 Å². The minimum atomic E-state index is -0.127. The fourth-order valence-corrected chi connectivity index (χ4v) is 4.34. The standard InChI is InChI=1S/C24H25N5O2S2/c1-3-16-5-7-17(8-6-16)20-15-33-23(25-20)26-21(30)13-14-29-22(27-28-24(29)32)18-9-11-19(12-10-18)31-4-2/h5-12,15H,3-4,13-14H2,1-2H3,(H,28,32)(H,25,26,30). The van der Waals surface area contributed by atoms with Gasteiger partial charge in [0.05, 0.1) is 12.3 Å². The Hall–Kier alpha value is -3.30. The second-order valence-corrected chi connectivity index (χ2v) is 8.59. The molecule has 0 aliphatic rings. The van der Waals surface area contributed by atoms with Crippen LogP contribution in [0.3, 0.4) is 0 Å². The van der Waals surface area contributed by atoms with Crippen LogP contribution in [0.1, 0.15) is 25.8 Å². The van der Waals surface area contributed by atoms with E-state index in [0.717, 1.165) is 29.0 Å². The van der Waals surface area contributed by atoms with Crippen LogP contribution >= 0.6 is 23.6 Å². The van der Waals surface area contributed by atoms with Crippen LogP contribution in [0.25, 0.3) is 22.6 Å². The number of hydrogen-bond acceptors (Lipinski definition) is 6. The Kier molecular flexibility index (Phi) is 7.31. The van der Waals surface area contributed by atoms with E-state index < -0.39 is 0 Å². The lowest BCUT2D eigenvalue weighted by atomic mass is 10.1. The molecule has 2 heterocycles. The second kappa shape index (κ2) is 10.5. The van der Waals surface area contributed by atoms with Gasteiger partial charge in [-0.15, -0.1) is 11.3 Å². The third-order valence-corrected chi connectivity index (χ3v) is 6.22. The molecule has 4 rings (SSSR count). The number of H-pyrrole nitrogens is 1. The van der Waals surface area contributed by atoms with E-state index in [-0.39, 0.29) is 12.3 Å². The van der Waals surface area contributed by atoms with Crippen molar-refractivity contribution in [2.45, 2.75) is 33.2 Å². The van der Waals surface area contributed by atoms with Crippen LogP contribution < -0.4 is 10.1 Å². The lowest BCUT2D eigenvalue weighted by Gasteiger charge is -2.08. The zero-order valence-corrected chi connectivity index (χ0v) is 20.1. The zero-order chi connectivity index (χ0) is 23.2. The number of ether oxygens (including phenoxy) is 1. The van der Waals surface area contributed by atoms with Crippen LogP contribution in [0.2, 0.25) is 0 Å². The summed E-state index contributed by atoms with van der Waals surface area (Å²) in [5.74, 6) is 1.35. The molecule has 0 saturated heterocycles. The van der Waals surface area contributed by atoms with E-state index >= 15 is 0 Å². The highest BCUT2D eigenvalue weighted by atomic mass is 32.1.